The normalized spacial score (nSPS) is 11.2. The van der Waals surface area contributed by atoms with Gasteiger partial charge >= 0.3 is 0 Å². The summed E-state index contributed by atoms with van der Waals surface area (Å²) in [6, 6.07) is 15.5. The Bertz CT molecular complexity index is 881. The molecule has 136 valence electrons. The fourth-order valence-corrected chi connectivity index (χ4v) is 3.83. The minimum absolute atomic E-state index is 0.103. The van der Waals surface area contributed by atoms with Crippen molar-refractivity contribution in [2.45, 2.75) is 52.4 Å². The maximum absolute atomic E-state index is 15.6. The van der Waals surface area contributed by atoms with Gasteiger partial charge in [-0.3, -0.25) is 0 Å². The molecule has 0 nitrogen and oxygen atoms in total. The number of fused-ring (bicyclic) bond motifs is 1. The van der Waals surface area contributed by atoms with Gasteiger partial charge in [0.1, 0.15) is 5.82 Å². The van der Waals surface area contributed by atoms with E-state index >= 15 is 4.39 Å². The molecule has 0 amide bonds. The highest BCUT2D eigenvalue weighted by atomic mass is 35.5. The molecule has 0 aliphatic rings. The second-order valence-electron chi connectivity index (χ2n) is 6.91. The first kappa shape index (κ1) is 18.9. The van der Waals surface area contributed by atoms with Crippen molar-refractivity contribution < 1.29 is 4.39 Å². The van der Waals surface area contributed by atoms with Gasteiger partial charge in [-0.15, -0.1) is 0 Å². The molecule has 0 aromatic heterocycles. The van der Waals surface area contributed by atoms with E-state index in [2.05, 4.69) is 19.9 Å². The molecule has 3 rings (SSSR count). The Morgan fingerprint density at radius 3 is 1.96 bits per heavy atom. The molecular weight excluding hydrogens is 343 g/mol. The van der Waals surface area contributed by atoms with Gasteiger partial charge in [0, 0.05) is 16.0 Å². The number of halogens is 2. The monoisotopic (exact) mass is 368 g/mol. The highest BCUT2D eigenvalue weighted by Crippen LogP contribution is 2.38. The summed E-state index contributed by atoms with van der Waals surface area (Å²) in [5.74, 6) is -0.103. The molecule has 2 heteroatoms. The van der Waals surface area contributed by atoms with Gasteiger partial charge < -0.3 is 0 Å². The SMILES string of the molecule is CCCCc1c(-c2ccc(Cl)cc2)c(F)c2ccccc2c1CCCC. The Hall–Kier alpha value is -1.86. The van der Waals surface area contributed by atoms with E-state index in [9.17, 15) is 0 Å². The van der Waals surface area contributed by atoms with Crippen LogP contribution in [-0.2, 0) is 12.8 Å². The minimum atomic E-state index is -0.103. The van der Waals surface area contributed by atoms with Gasteiger partial charge in [0.05, 0.1) is 0 Å². The van der Waals surface area contributed by atoms with E-state index in [1.807, 2.05) is 42.5 Å². The smallest absolute Gasteiger partial charge is 0.139 e. The van der Waals surface area contributed by atoms with Gasteiger partial charge in [0.25, 0.3) is 0 Å². The lowest BCUT2D eigenvalue weighted by molar-refractivity contribution is 0.638. The first-order chi connectivity index (χ1) is 12.7. The highest BCUT2D eigenvalue weighted by molar-refractivity contribution is 6.30. The van der Waals surface area contributed by atoms with E-state index in [-0.39, 0.29) is 5.82 Å². The van der Waals surface area contributed by atoms with Crippen molar-refractivity contribution in [1.82, 2.24) is 0 Å². The number of unbranched alkanes of at least 4 members (excludes halogenated alkanes) is 2. The Morgan fingerprint density at radius 2 is 1.35 bits per heavy atom. The third-order valence-electron chi connectivity index (χ3n) is 5.07. The fourth-order valence-electron chi connectivity index (χ4n) is 3.70. The zero-order valence-corrected chi connectivity index (χ0v) is 16.4. The number of rotatable bonds is 7. The van der Waals surface area contributed by atoms with Crippen LogP contribution < -0.4 is 0 Å². The van der Waals surface area contributed by atoms with Crippen LogP contribution >= 0.6 is 11.6 Å². The van der Waals surface area contributed by atoms with Crippen LogP contribution in [0.15, 0.2) is 48.5 Å². The molecule has 0 radical (unpaired) electrons. The van der Waals surface area contributed by atoms with Gasteiger partial charge in [-0.05, 0) is 59.9 Å². The molecule has 0 saturated heterocycles. The number of hydrogen-bond acceptors (Lipinski definition) is 0. The third-order valence-corrected chi connectivity index (χ3v) is 5.32. The third kappa shape index (κ3) is 3.78. The van der Waals surface area contributed by atoms with Crippen molar-refractivity contribution in [3.05, 3.63) is 70.5 Å². The van der Waals surface area contributed by atoms with Crippen LogP contribution in [0.2, 0.25) is 5.02 Å². The van der Waals surface area contributed by atoms with E-state index in [0.29, 0.717) is 5.02 Å². The number of aryl methyl sites for hydroxylation is 1. The van der Waals surface area contributed by atoms with Crippen molar-refractivity contribution in [2.75, 3.05) is 0 Å². The lowest BCUT2D eigenvalue weighted by Crippen LogP contribution is -2.03. The number of hydrogen-bond donors (Lipinski definition) is 0. The van der Waals surface area contributed by atoms with Crippen molar-refractivity contribution in [1.29, 1.82) is 0 Å². The van der Waals surface area contributed by atoms with E-state index in [1.165, 1.54) is 11.1 Å². The molecule has 0 fully saturated rings. The van der Waals surface area contributed by atoms with E-state index in [4.69, 9.17) is 11.6 Å². The first-order valence-electron chi connectivity index (χ1n) is 9.65. The summed E-state index contributed by atoms with van der Waals surface area (Å²) in [5.41, 5.74) is 4.18. The van der Waals surface area contributed by atoms with Gasteiger partial charge in [-0.2, -0.15) is 0 Å². The molecule has 0 saturated carbocycles. The van der Waals surface area contributed by atoms with Crippen molar-refractivity contribution in [3.63, 3.8) is 0 Å². The van der Waals surface area contributed by atoms with Crippen LogP contribution in [0.1, 0.15) is 50.7 Å². The van der Waals surface area contributed by atoms with Gasteiger partial charge in [0.15, 0.2) is 0 Å². The predicted octanol–water partition coefficient (Wildman–Crippen LogP) is 7.98. The lowest BCUT2D eigenvalue weighted by Gasteiger charge is -2.20. The summed E-state index contributed by atoms with van der Waals surface area (Å²) < 4.78 is 15.6. The summed E-state index contributed by atoms with van der Waals surface area (Å²) in [6.45, 7) is 4.39. The number of benzene rings is 3. The van der Waals surface area contributed by atoms with Gasteiger partial charge in [-0.25, -0.2) is 4.39 Å². The molecule has 0 unspecified atom stereocenters. The Balaban J connectivity index is 2.32. The summed E-state index contributed by atoms with van der Waals surface area (Å²) in [7, 11) is 0. The predicted molar refractivity (Wildman–Crippen MR) is 112 cm³/mol. The zero-order chi connectivity index (χ0) is 18.5. The van der Waals surface area contributed by atoms with Crippen LogP contribution in [-0.4, -0.2) is 0 Å². The summed E-state index contributed by atoms with van der Waals surface area (Å²) in [5, 5.41) is 2.47. The second kappa shape index (κ2) is 8.68. The van der Waals surface area contributed by atoms with E-state index in [0.717, 1.165) is 60.4 Å². The molecule has 0 atom stereocenters. The lowest BCUT2D eigenvalue weighted by atomic mass is 9.85. The molecule has 3 aromatic carbocycles. The van der Waals surface area contributed by atoms with Gasteiger partial charge in [0.2, 0.25) is 0 Å². The Kier molecular flexibility index (Phi) is 6.32. The average molecular weight is 369 g/mol. The maximum Gasteiger partial charge on any atom is 0.139 e. The van der Waals surface area contributed by atoms with Crippen LogP contribution in [0.25, 0.3) is 21.9 Å². The highest BCUT2D eigenvalue weighted by Gasteiger charge is 2.20. The zero-order valence-electron chi connectivity index (χ0n) is 15.6. The topological polar surface area (TPSA) is 0 Å². The summed E-state index contributed by atoms with van der Waals surface area (Å²) in [6.07, 6.45) is 6.33. The van der Waals surface area contributed by atoms with Crippen molar-refractivity contribution in [2.24, 2.45) is 0 Å². The second-order valence-corrected chi connectivity index (χ2v) is 7.34. The molecular formula is C24H26ClF. The molecule has 0 bridgehead atoms. The van der Waals surface area contributed by atoms with Crippen LogP contribution in [0.4, 0.5) is 4.39 Å². The van der Waals surface area contributed by atoms with Gasteiger partial charge in [-0.1, -0.05) is 74.7 Å². The molecule has 0 spiro atoms. The molecule has 0 heterocycles. The average Bonchev–Trinajstić information content (AvgIpc) is 2.67. The standard InChI is InChI=1S/C24H26ClF/c1-3-5-9-19-20-11-7-8-12-22(20)24(26)23(21(19)10-6-4-2)17-13-15-18(25)16-14-17/h7-8,11-16H,3-6,9-10H2,1-2H3. The summed E-state index contributed by atoms with van der Waals surface area (Å²) >= 11 is 6.06. The summed E-state index contributed by atoms with van der Waals surface area (Å²) in [4.78, 5) is 0. The van der Waals surface area contributed by atoms with Crippen molar-refractivity contribution in [3.8, 4) is 11.1 Å². The molecule has 0 aliphatic carbocycles. The minimum Gasteiger partial charge on any atom is -0.206 e. The van der Waals surface area contributed by atoms with E-state index < -0.39 is 0 Å². The molecule has 0 N–H and O–H groups in total. The quantitative estimate of drug-likeness (QED) is 0.396. The largest absolute Gasteiger partial charge is 0.206 e. The van der Waals surface area contributed by atoms with E-state index in [1.54, 1.807) is 0 Å². The fraction of sp³-hybridized carbons (Fsp3) is 0.333. The first-order valence-corrected chi connectivity index (χ1v) is 10.0. The van der Waals surface area contributed by atoms with Crippen LogP contribution in [0, 0.1) is 5.82 Å². The molecule has 26 heavy (non-hydrogen) atoms. The molecule has 0 aliphatic heterocycles. The van der Waals surface area contributed by atoms with Crippen LogP contribution in [0.3, 0.4) is 0 Å². The Labute approximate surface area is 161 Å². The Morgan fingerprint density at radius 1 is 0.769 bits per heavy atom. The molecule has 3 aromatic rings. The van der Waals surface area contributed by atoms with Crippen LogP contribution in [0.5, 0.6) is 0 Å². The van der Waals surface area contributed by atoms with Crippen molar-refractivity contribution >= 4 is 22.4 Å². The maximum atomic E-state index is 15.6.